The molecule has 29 heavy (non-hydrogen) atoms. The van der Waals surface area contributed by atoms with E-state index in [-0.39, 0.29) is 15.5 Å². The summed E-state index contributed by atoms with van der Waals surface area (Å²) in [7, 11) is -1.80. The molecule has 1 atom stereocenters. The van der Waals surface area contributed by atoms with Gasteiger partial charge in [0.15, 0.2) is 7.11 Å². The summed E-state index contributed by atoms with van der Waals surface area (Å²) in [6, 6.07) is 4.42. The minimum Gasteiger partial charge on any atom is -0.370 e. The third-order valence-electron chi connectivity index (χ3n) is 3.77. The van der Waals surface area contributed by atoms with E-state index in [0.29, 0.717) is 11.6 Å². The topological polar surface area (TPSA) is 120 Å². The number of rotatable bonds is 9. The molecule has 1 aromatic heterocycles. The molecule has 2 rings (SSSR count). The highest BCUT2D eigenvalue weighted by atomic mass is 32.2. The molecular weight excluding hydrogens is 392 g/mol. The summed E-state index contributed by atoms with van der Waals surface area (Å²) in [5, 5.41) is 6.27. The van der Waals surface area contributed by atoms with Crippen molar-refractivity contribution in [3.63, 3.8) is 0 Å². The van der Waals surface area contributed by atoms with Crippen molar-refractivity contribution in [1.82, 2.24) is 9.97 Å². The Labute approximate surface area is 172 Å². The molecule has 0 fully saturated rings. The van der Waals surface area contributed by atoms with Gasteiger partial charge >= 0.3 is 5.69 Å². The molecule has 0 radical (unpaired) electrons. The molecule has 0 aliphatic carbocycles. The zero-order valence-electron chi connectivity index (χ0n) is 17.9. The molecule has 1 heterocycles. The normalized spacial score (nSPS) is 12.2. The highest BCUT2D eigenvalue weighted by Crippen LogP contribution is 2.26. The molecule has 0 saturated carbocycles. The minimum absolute atomic E-state index is 0.118. The molecule has 9 nitrogen and oxygen atoms in total. The van der Waals surface area contributed by atoms with Gasteiger partial charge in [-0.15, -0.1) is 0 Å². The number of aromatic nitrogens is 2. The average molecular weight is 424 g/mol. The predicted octanol–water partition coefficient (Wildman–Crippen LogP) is 4.77. The first-order valence-electron chi connectivity index (χ1n) is 9.49. The van der Waals surface area contributed by atoms with E-state index in [1.807, 2.05) is 20.8 Å². The number of aryl methyl sites for hydroxylation is 1. The molecule has 0 amide bonds. The van der Waals surface area contributed by atoms with Crippen LogP contribution in [-0.4, -0.2) is 39.0 Å². The van der Waals surface area contributed by atoms with Crippen LogP contribution in [0.4, 0.5) is 23.1 Å². The van der Waals surface area contributed by atoms with Crippen LogP contribution in [-0.2, 0) is 14.6 Å². The van der Waals surface area contributed by atoms with Crippen molar-refractivity contribution in [3.8, 4) is 0 Å². The van der Waals surface area contributed by atoms with Crippen molar-refractivity contribution in [2.45, 2.75) is 45.4 Å². The second-order valence-corrected chi connectivity index (χ2v) is 8.29. The summed E-state index contributed by atoms with van der Waals surface area (Å²) in [6.07, 6.45) is 5.08. The SMILES string of the molecule is CC.CCCCNc1nc(Nc2cc([N+](=O)OC)cc(S(C)(=N)=O)c2)ncc1C. The van der Waals surface area contributed by atoms with Crippen LogP contribution in [0.1, 0.15) is 39.2 Å². The molecule has 0 saturated heterocycles. The van der Waals surface area contributed by atoms with Gasteiger partial charge in [-0.2, -0.15) is 4.98 Å². The van der Waals surface area contributed by atoms with E-state index in [0.717, 1.165) is 30.8 Å². The fraction of sp³-hybridized carbons (Fsp3) is 0.474. The summed E-state index contributed by atoms with van der Waals surface area (Å²) in [6.45, 7) is 8.84. The quantitative estimate of drug-likeness (QED) is 0.392. The Hall–Kier alpha value is -2.75. The molecule has 0 aliphatic rings. The lowest BCUT2D eigenvalue weighted by atomic mass is 10.3. The van der Waals surface area contributed by atoms with Crippen molar-refractivity contribution in [2.75, 3.05) is 30.5 Å². The first-order valence-corrected chi connectivity index (χ1v) is 11.5. The highest BCUT2D eigenvalue weighted by Gasteiger charge is 2.20. The number of nitrogens with zero attached hydrogens (tertiary/aromatic N) is 3. The third kappa shape index (κ3) is 7.30. The van der Waals surface area contributed by atoms with Gasteiger partial charge in [0.2, 0.25) is 5.95 Å². The average Bonchev–Trinajstić information content (AvgIpc) is 2.70. The summed E-state index contributed by atoms with van der Waals surface area (Å²) >= 11 is 0. The molecule has 1 aromatic carbocycles. The molecule has 160 valence electrons. The molecule has 1 unspecified atom stereocenters. The van der Waals surface area contributed by atoms with E-state index in [2.05, 4.69) is 32.4 Å². The molecule has 2 aromatic rings. The predicted molar refractivity (Wildman–Crippen MR) is 117 cm³/mol. The number of hydrogen-bond acceptors (Lipinski definition) is 8. The van der Waals surface area contributed by atoms with Crippen molar-refractivity contribution in [3.05, 3.63) is 34.9 Å². The van der Waals surface area contributed by atoms with Crippen molar-refractivity contribution in [2.24, 2.45) is 0 Å². The van der Waals surface area contributed by atoms with Crippen LogP contribution in [0.25, 0.3) is 0 Å². The van der Waals surface area contributed by atoms with Gasteiger partial charge in [-0.05, 0) is 19.4 Å². The lowest BCUT2D eigenvalue weighted by molar-refractivity contribution is -0.736. The summed E-state index contributed by atoms with van der Waals surface area (Å²) in [5.41, 5.74) is 1.47. The van der Waals surface area contributed by atoms with E-state index in [4.69, 9.17) is 4.78 Å². The lowest BCUT2D eigenvalue weighted by Gasteiger charge is -2.11. The smallest absolute Gasteiger partial charge is 0.320 e. The largest absolute Gasteiger partial charge is 0.370 e. The highest BCUT2D eigenvalue weighted by molar-refractivity contribution is 7.91. The van der Waals surface area contributed by atoms with E-state index < -0.39 is 9.73 Å². The number of anilines is 3. The van der Waals surface area contributed by atoms with Gasteiger partial charge in [0.25, 0.3) is 4.92 Å². The van der Waals surface area contributed by atoms with E-state index in [1.165, 1.54) is 31.6 Å². The maximum Gasteiger partial charge on any atom is 0.320 e. The molecule has 3 N–H and O–H groups in total. The first-order chi connectivity index (χ1) is 13.7. The maximum atomic E-state index is 12.1. The Morgan fingerprint density at radius 2 is 1.97 bits per heavy atom. The van der Waals surface area contributed by atoms with Gasteiger partial charge in [-0.25, -0.2) is 18.8 Å². The second kappa shape index (κ2) is 11.3. The molecule has 10 heteroatoms. The maximum absolute atomic E-state index is 12.1. The number of hydrogen-bond donors (Lipinski definition) is 3. The van der Waals surface area contributed by atoms with E-state index >= 15 is 0 Å². The van der Waals surface area contributed by atoms with Gasteiger partial charge in [0.1, 0.15) is 5.82 Å². The van der Waals surface area contributed by atoms with E-state index in [9.17, 15) is 9.12 Å². The Morgan fingerprint density at radius 3 is 2.55 bits per heavy atom. The molecular formula is C19H31N6O3S+. The van der Waals surface area contributed by atoms with Crippen LogP contribution in [0.3, 0.4) is 0 Å². The van der Waals surface area contributed by atoms with Crippen molar-refractivity contribution in [1.29, 1.82) is 4.78 Å². The Bertz CT molecular complexity index is 932. The Kier molecular flexibility index (Phi) is 9.46. The molecule has 0 bridgehead atoms. The van der Waals surface area contributed by atoms with Crippen LogP contribution in [0.2, 0.25) is 0 Å². The monoisotopic (exact) mass is 423 g/mol. The Balaban J connectivity index is 0.00000204. The van der Waals surface area contributed by atoms with Crippen LogP contribution in [0, 0.1) is 16.6 Å². The fourth-order valence-corrected chi connectivity index (χ4v) is 2.98. The van der Waals surface area contributed by atoms with Crippen LogP contribution < -0.4 is 10.6 Å². The van der Waals surface area contributed by atoms with Crippen LogP contribution in [0.15, 0.2) is 29.3 Å². The number of nitrogens with one attached hydrogen (secondary N) is 3. The lowest BCUT2D eigenvalue weighted by Crippen LogP contribution is -2.08. The van der Waals surface area contributed by atoms with Crippen LogP contribution in [0.5, 0.6) is 0 Å². The van der Waals surface area contributed by atoms with Gasteiger partial charge in [0, 0.05) is 42.4 Å². The van der Waals surface area contributed by atoms with Gasteiger partial charge in [-0.1, -0.05) is 27.2 Å². The number of unbranched alkanes of at least 4 members (excludes halogenated alkanes) is 1. The van der Waals surface area contributed by atoms with Gasteiger partial charge in [0.05, 0.1) is 19.5 Å². The third-order valence-corrected chi connectivity index (χ3v) is 4.90. The zero-order chi connectivity index (χ0) is 22.0. The molecule has 0 spiro atoms. The number of benzene rings is 1. The fourth-order valence-electron chi connectivity index (χ4n) is 2.29. The standard InChI is InChI=1S/C17H25N6O3S.C2H6/c1-5-6-7-19-16-12(2)11-20-17(22-16)21-13-8-14(23(24)26-3)10-15(9-13)27(4,18)25;1-2/h8-11,18H,5-7H2,1-4H3,(H2,19,20,21,22);1-2H3/q+1;. The van der Waals surface area contributed by atoms with E-state index in [1.54, 1.807) is 6.20 Å². The minimum atomic E-state index is -3.03. The summed E-state index contributed by atoms with van der Waals surface area (Å²) in [4.78, 5) is 25.7. The van der Waals surface area contributed by atoms with Gasteiger partial charge < -0.3 is 10.6 Å². The summed E-state index contributed by atoms with van der Waals surface area (Å²) in [5.74, 6) is 1.05. The van der Waals surface area contributed by atoms with Gasteiger partial charge in [-0.3, -0.25) is 0 Å². The van der Waals surface area contributed by atoms with Crippen molar-refractivity contribution >= 4 is 32.9 Å². The van der Waals surface area contributed by atoms with Crippen LogP contribution >= 0.6 is 0 Å². The molecule has 0 aliphatic heterocycles. The summed E-state index contributed by atoms with van der Waals surface area (Å²) < 4.78 is 19.9. The van der Waals surface area contributed by atoms with Crippen molar-refractivity contribution < 1.29 is 14.0 Å². The second-order valence-electron chi connectivity index (χ2n) is 6.13. The first kappa shape index (κ1) is 24.3. The Morgan fingerprint density at radius 1 is 1.28 bits per heavy atom. The zero-order valence-corrected chi connectivity index (χ0v) is 18.7.